The maximum atomic E-state index is 12.7. The van der Waals surface area contributed by atoms with Crippen LogP contribution in [0.4, 0.5) is 0 Å². The minimum absolute atomic E-state index is 0.199. The summed E-state index contributed by atoms with van der Waals surface area (Å²) in [6.45, 7) is 0.868. The second kappa shape index (κ2) is 6.88. The number of amides is 1. The number of carbonyl (C=O) groups excluding carboxylic acids is 1. The average molecular weight is 368 g/mol. The minimum Gasteiger partial charge on any atom is -0.493 e. The molecule has 2 aromatic heterocycles. The van der Waals surface area contributed by atoms with Gasteiger partial charge in [0.05, 0.1) is 26.0 Å². The number of nitrogens with zero attached hydrogens (tertiary/aromatic N) is 4. The van der Waals surface area contributed by atoms with E-state index < -0.39 is 6.10 Å². The van der Waals surface area contributed by atoms with Gasteiger partial charge < -0.3 is 19.5 Å². The first-order chi connectivity index (χ1) is 13.1. The molecule has 3 heterocycles. The van der Waals surface area contributed by atoms with E-state index in [4.69, 9.17) is 9.47 Å². The number of fused-ring (bicyclic) bond motifs is 1. The van der Waals surface area contributed by atoms with E-state index in [0.29, 0.717) is 42.4 Å². The van der Waals surface area contributed by atoms with Gasteiger partial charge in [-0.05, 0) is 30.7 Å². The molecule has 1 amide bonds. The van der Waals surface area contributed by atoms with Crippen LogP contribution >= 0.6 is 0 Å². The van der Waals surface area contributed by atoms with Gasteiger partial charge in [-0.2, -0.15) is 5.10 Å². The molecule has 1 fully saturated rings. The lowest BCUT2D eigenvalue weighted by atomic mass is 10.1. The molecule has 0 aliphatic carbocycles. The third-order valence-corrected chi connectivity index (χ3v) is 4.71. The maximum absolute atomic E-state index is 12.7. The fourth-order valence-corrected chi connectivity index (χ4v) is 3.30. The number of ether oxygens (including phenoxy) is 2. The number of aliphatic hydroxyl groups is 1. The lowest BCUT2D eigenvalue weighted by Gasteiger charge is -2.13. The van der Waals surface area contributed by atoms with Crippen LogP contribution in [0.25, 0.3) is 16.9 Å². The zero-order valence-corrected chi connectivity index (χ0v) is 15.1. The zero-order valence-electron chi connectivity index (χ0n) is 15.1. The Bertz CT molecular complexity index is 1000. The van der Waals surface area contributed by atoms with E-state index in [-0.39, 0.29) is 5.91 Å². The molecule has 1 aliphatic heterocycles. The SMILES string of the molecule is COc1ccc(-c2ccnc3cc(C(=O)N4CC[C@H](O)C4)nn23)cc1OC. The molecule has 8 nitrogen and oxygen atoms in total. The Morgan fingerprint density at radius 2 is 2.00 bits per heavy atom. The predicted molar refractivity (Wildman–Crippen MR) is 98.1 cm³/mol. The van der Waals surface area contributed by atoms with Gasteiger partial charge in [0, 0.05) is 30.9 Å². The number of likely N-dealkylation sites (tertiary alicyclic amines) is 1. The molecule has 1 aliphatic rings. The molecule has 1 atom stereocenters. The second-order valence-electron chi connectivity index (χ2n) is 6.39. The molecular formula is C19H20N4O4. The Balaban J connectivity index is 1.75. The molecule has 0 radical (unpaired) electrons. The molecule has 1 saturated heterocycles. The molecule has 0 spiro atoms. The normalized spacial score (nSPS) is 16.7. The Morgan fingerprint density at radius 3 is 2.70 bits per heavy atom. The second-order valence-corrected chi connectivity index (χ2v) is 6.39. The highest BCUT2D eigenvalue weighted by atomic mass is 16.5. The average Bonchev–Trinajstić information content (AvgIpc) is 3.32. The van der Waals surface area contributed by atoms with Gasteiger partial charge in [-0.25, -0.2) is 9.50 Å². The fourth-order valence-electron chi connectivity index (χ4n) is 3.30. The number of methoxy groups -OCH3 is 2. The van der Waals surface area contributed by atoms with Crippen LogP contribution in [0.1, 0.15) is 16.9 Å². The summed E-state index contributed by atoms with van der Waals surface area (Å²) in [7, 11) is 3.17. The fraction of sp³-hybridized carbons (Fsp3) is 0.316. The number of hydrogen-bond donors (Lipinski definition) is 1. The van der Waals surface area contributed by atoms with Crippen LogP contribution in [0.3, 0.4) is 0 Å². The Labute approximate surface area is 156 Å². The highest BCUT2D eigenvalue weighted by Crippen LogP contribution is 2.32. The maximum Gasteiger partial charge on any atom is 0.274 e. The molecule has 1 N–H and O–H groups in total. The quantitative estimate of drug-likeness (QED) is 0.753. The molecular weight excluding hydrogens is 348 g/mol. The third kappa shape index (κ3) is 3.08. The van der Waals surface area contributed by atoms with E-state index in [1.807, 2.05) is 24.3 Å². The van der Waals surface area contributed by atoms with Crippen molar-refractivity contribution in [1.29, 1.82) is 0 Å². The Morgan fingerprint density at radius 1 is 1.19 bits per heavy atom. The van der Waals surface area contributed by atoms with Crippen LogP contribution in [-0.4, -0.2) is 63.9 Å². The van der Waals surface area contributed by atoms with Crippen molar-refractivity contribution in [3.8, 4) is 22.8 Å². The summed E-state index contributed by atoms with van der Waals surface area (Å²) in [5, 5.41) is 14.1. The molecule has 3 aromatic rings. The first kappa shape index (κ1) is 17.3. The van der Waals surface area contributed by atoms with E-state index in [1.54, 1.807) is 35.9 Å². The van der Waals surface area contributed by atoms with Gasteiger partial charge >= 0.3 is 0 Å². The van der Waals surface area contributed by atoms with Gasteiger partial charge in [0.25, 0.3) is 5.91 Å². The number of β-amino-alcohol motifs (C(OH)–C–C–N with tert-alkyl or cyclic N) is 1. The zero-order chi connectivity index (χ0) is 19.0. The van der Waals surface area contributed by atoms with Gasteiger partial charge in [-0.15, -0.1) is 0 Å². The lowest BCUT2D eigenvalue weighted by Crippen LogP contribution is -2.29. The number of aromatic nitrogens is 3. The third-order valence-electron chi connectivity index (χ3n) is 4.71. The topological polar surface area (TPSA) is 89.2 Å². The van der Waals surface area contributed by atoms with E-state index >= 15 is 0 Å². The first-order valence-corrected chi connectivity index (χ1v) is 8.65. The van der Waals surface area contributed by atoms with Gasteiger partial charge in [-0.3, -0.25) is 4.79 Å². The van der Waals surface area contributed by atoms with Crippen molar-refractivity contribution in [2.24, 2.45) is 0 Å². The van der Waals surface area contributed by atoms with E-state index in [1.165, 1.54) is 0 Å². The van der Waals surface area contributed by atoms with Crippen molar-refractivity contribution in [2.75, 3.05) is 27.3 Å². The summed E-state index contributed by atoms with van der Waals surface area (Å²) in [4.78, 5) is 18.6. The first-order valence-electron chi connectivity index (χ1n) is 8.65. The van der Waals surface area contributed by atoms with Crippen molar-refractivity contribution in [3.05, 3.63) is 42.2 Å². The van der Waals surface area contributed by atoms with Crippen LogP contribution in [0.5, 0.6) is 11.5 Å². The molecule has 1 aromatic carbocycles. The Hall–Kier alpha value is -3.13. The van der Waals surface area contributed by atoms with Crippen LogP contribution in [0.15, 0.2) is 36.5 Å². The summed E-state index contributed by atoms with van der Waals surface area (Å²) in [5.74, 6) is 1.04. The highest BCUT2D eigenvalue weighted by Gasteiger charge is 2.27. The number of benzene rings is 1. The van der Waals surface area contributed by atoms with Gasteiger partial charge in [-0.1, -0.05) is 0 Å². The van der Waals surface area contributed by atoms with Gasteiger partial charge in [0.1, 0.15) is 0 Å². The highest BCUT2D eigenvalue weighted by molar-refractivity contribution is 5.93. The summed E-state index contributed by atoms with van der Waals surface area (Å²) in [6.07, 6.45) is 1.80. The number of hydrogen-bond acceptors (Lipinski definition) is 6. The molecule has 0 bridgehead atoms. The largest absolute Gasteiger partial charge is 0.493 e. The standard InChI is InChI=1S/C19H20N4O4/c1-26-16-4-3-12(9-17(16)27-2)15-5-7-20-18-10-14(21-23(15)18)19(25)22-8-6-13(24)11-22/h3-5,7,9-10,13,24H,6,8,11H2,1-2H3/t13-/m0/s1. The minimum atomic E-state index is -0.466. The molecule has 4 rings (SSSR count). The van der Waals surface area contributed by atoms with Gasteiger partial charge in [0.15, 0.2) is 22.8 Å². The van der Waals surface area contributed by atoms with Crippen LogP contribution < -0.4 is 9.47 Å². The predicted octanol–water partition coefficient (Wildman–Crippen LogP) is 1.62. The molecule has 0 saturated carbocycles. The van der Waals surface area contributed by atoms with E-state index in [9.17, 15) is 9.90 Å². The van der Waals surface area contributed by atoms with Crippen molar-refractivity contribution in [2.45, 2.75) is 12.5 Å². The van der Waals surface area contributed by atoms with Crippen molar-refractivity contribution >= 4 is 11.6 Å². The van der Waals surface area contributed by atoms with Gasteiger partial charge in [0.2, 0.25) is 0 Å². The number of aliphatic hydroxyl groups excluding tert-OH is 1. The number of rotatable bonds is 4. The molecule has 8 heteroatoms. The van der Waals surface area contributed by atoms with E-state index in [0.717, 1.165) is 11.3 Å². The molecule has 27 heavy (non-hydrogen) atoms. The van der Waals surface area contributed by atoms with Crippen LogP contribution in [0.2, 0.25) is 0 Å². The summed E-state index contributed by atoms with van der Waals surface area (Å²) >= 11 is 0. The van der Waals surface area contributed by atoms with Crippen molar-refractivity contribution in [1.82, 2.24) is 19.5 Å². The van der Waals surface area contributed by atoms with Crippen LogP contribution in [-0.2, 0) is 0 Å². The van der Waals surface area contributed by atoms with Crippen molar-refractivity contribution in [3.63, 3.8) is 0 Å². The van der Waals surface area contributed by atoms with Crippen LogP contribution in [0, 0.1) is 0 Å². The molecule has 140 valence electrons. The smallest absolute Gasteiger partial charge is 0.274 e. The summed E-state index contributed by atoms with van der Waals surface area (Å²) in [6, 6.07) is 9.07. The summed E-state index contributed by atoms with van der Waals surface area (Å²) < 4.78 is 12.3. The van der Waals surface area contributed by atoms with Crippen molar-refractivity contribution < 1.29 is 19.4 Å². The van der Waals surface area contributed by atoms with E-state index in [2.05, 4.69) is 10.1 Å². The Kier molecular flexibility index (Phi) is 4.41. The summed E-state index contributed by atoms with van der Waals surface area (Å²) in [5.41, 5.74) is 2.52. The monoisotopic (exact) mass is 368 g/mol. The molecule has 0 unspecified atom stereocenters. The lowest BCUT2D eigenvalue weighted by molar-refractivity contribution is 0.0759. The number of carbonyl (C=O) groups is 1.